The van der Waals surface area contributed by atoms with E-state index in [0.29, 0.717) is 11.3 Å². The van der Waals surface area contributed by atoms with E-state index in [1.54, 1.807) is 11.3 Å². The Balaban J connectivity index is 2.16. The van der Waals surface area contributed by atoms with E-state index < -0.39 is 0 Å². The molecule has 1 heterocycles. The van der Waals surface area contributed by atoms with Gasteiger partial charge in [-0.1, -0.05) is 20.3 Å². The summed E-state index contributed by atoms with van der Waals surface area (Å²) >= 11 is 1.67. The molecule has 2 unspecified atom stereocenters. The van der Waals surface area contributed by atoms with Crippen molar-refractivity contribution in [3.05, 3.63) is 22.4 Å². The van der Waals surface area contributed by atoms with E-state index in [4.69, 9.17) is 0 Å². The van der Waals surface area contributed by atoms with E-state index in [1.165, 1.54) is 19.3 Å². The Morgan fingerprint density at radius 1 is 1.57 bits per heavy atom. The minimum absolute atomic E-state index is 0.251. The first kappa shape index (κ1) is 10.2. The van der Waals surface area contributed by atoms with Crippen LogP contribution in [0.3, 0.4) is 0 Å². The average Bonchev–Trinajstić information content (AvgIpc) is 2.71. The fourth-order valence-corrected chi connectivity index (χ4v) is 3.30. The van der Waals surface area contributed by atoms with Crippen LogP contribution in [0.15, 0.2) is 16.8 Å². The van der Waals surface area contributed by atoms with Crippen molar-refractivity contribution in [2.75, 3.05) is 0 Å². The Hall–Kier alpha value is -0.340. The van der Waals surface area contributed by atoms with Gasteiger partial charge in [0.2, 0.25) is 0 Å². The van der Waals surface area contributed by atoms with Gasteiger partial charge in [-0.05, 0) is 46.6 Å². The van der Waals surface area contributed by atoms with Gasteiger partial charge in [-0.15, -0.1) is 0 Å². The number of hydrogen-bond acceptors (Lipinski definition) is 2. The summed E-state index contributed by atoms with van der Waals surface area (Å²) in [4.78, 5) is 0. The Kier molecular flexibility index (Phi) is 2.67. The molecule has 0 aliphatic heterocycles. The van der Waals surface area contributed by atoms with E-state index in [-0.39, 0.29) is 6.10 Å². The van der Waals surface area contributed by atoms with Crippen LogP contribution >= 0.6 is 11.3 Å². The number of thiophene rings is 1. The highest BCUT2D eigenvalue weighted by molar-refractivity contribution is 7.07. The van der Waals surface area contributed by atoms with Crippen LogP contribution in [0.1, 0.15) is 44.8 Å². The zero-order valence-electron chi connectivity index (χ0n) is 8.86. The van der Waals surface area contributed by atoms with Crippen LogP contribution in [-0.4, -0.2) is 5.11 Å². The number of aliphatic hydroxyl groups excluding tert-OH is 1. The third-order valence-electron chi connectivity index (χ3n) is 3.61. The Morgan fingerprint density at radius 3 is 2.86 bits per heavy atom. The molecule has 0 radical (unpaired) electrons. The second kappa shape index (κ2) is 3.67. The maximum absolute atomic E-state index is 10.3. The SMILES string of the molecule is CC1(C)CCCC1C(O)c1ccsc1. The molecule has 0 amide bonds. The van der Waals surface area contributed by atoms with Crippen LogP contribution in [0.5, 0.6) is 0 Å². The Labute approximate surface area is 89.8 Å². The van der Waals surface area contributed by atoms with Gasteiger partial charge in [0.15, 0.2) is 0 Å². The van der Waals surface area contributed by atoms with E-state index in [1.807, 2.05) is 11.4 Å². The zero-order valence-corrected chi connectivity index (χ0v) is 9.68. The minimum Gasteiger partial charge on any atom is -0.388 e. The molecule has 0 aromatic carbocycles. The van der Waals surface area contributed by atoms with E-state index >= 15 is 0 Å². The van der Waals surface area contributed by atoms with Crippen molar-refractivity contribution >= 4 is 11.3 Å². The first-order valence-electron chi connectivity index (χ1n) is 5.31. The maximum atomic E-state index is 10.3. The highest BCUT2D eigenvalue weighted by Crippen LogP contribution is 2.48. The smallest absolute Gasteiger partial charge is 0.0831 e. The highest BCUT2D eigenvalue weighted by atomic mass is 32.1. The van der Waals surface area contributed by atoms with Crippen molar-refractivity contribution in [1.29, 1.82) is 0 Å². The molecule has 0 spiro atoms. The third-order valence-corrected chi connectivity index (χ3v) is 4.31. The summed E-state index contributed by atoms with van der Waals surface area (Å²) in [5, 5.41) is 14.4. The van der Waals surface area contributed by atoms with Crippen molar-refractivity contribution in [2.24, 2.45) is 11.3 Å². The number of aliphatic hydroxyl groups is 1. The first-order valence-corrected chi connectivity index (χ1v) is 6.26. The van der Waals surface area contributed by atoms with Gasteiger partial charge in [-0.2, -0.15) is 11.3 Å². The second-order valence-electron chi connectivity index (χ2n) is 4.99. The normalized spacial score (nSPS) is 27.8. The van der Waals surface area contributed by atoms with Gasteiger partial charge in [0.25, 0.3) is 0 Å². The fraction of sp³-hybridized carbons (Fsp3) is 0.667. The quantitative estimate of drug-likeness (QED) is 0.790. The molecule has 1 N–H and O–H groups in total. The average molecular weight is 210 g/mol. The molecule has 14 heavy (non-hydrogen) atoms. The van der Waals surface area contributed by atoms with Gasteiger partial charge >= 0.3 is 0 Å². The molecule has 1 aromatic rings. The van der Waals surface area contributed by atoms with E-state index in [9.17, 15) is 5.11 Å². The monoisotopic (exact) mass is 210 g/mol. The molecule has 78 valence electrons. The van der Waals surface area contributed by atoms with Gasteiger partial charge in [0.1, 0.15) is 0 Å². The topological polar surface area (TPSA) is 20.2 Å². The molecule has 2 heteroatoms. The molecule has 2 rings (SSSR count). The highest BCUT2D eigenvalue weighted by Gasteiger charge is 2.39. The first-order chi connectivity index (χ1) is 6.61. The van der Waals surface area contributed by atoms with Crippen molar-refractivity contribution < 1.29 is 5.11 Å². The summed E-state index contributed by atoms with van der Waals surface area (Å²) in [5.74, 6) is 0.442. The van der Waals surface area contributed by atoms with Gasteiger partial charge in [0, 0.05) is 0 Å². The number of hydrogen-bond donors (Lipinski definition) is 1. The lowest BCUT2D eigenvalue weighted by molar-refractivity contribution is 0.0535. The molecule has 1 aliphatic rings. The summed E-state index contributed by atoms with van der Waals surface area (Å²) in [6.45, 7) is 4.56. The van der Waals surface area contributed by atoms with Gasteiger partial charge in [-0.25, -0.2) is 0 Å². The van der Waals surface area contributed by atoms with Crippen molar-refractivity contribution in [3.8, 4) is 0 Å². The van der Waals surface area contributed by atoms with Crippen molar-refractivity contribution in [2.45, 2.75) is 39.2 Å². The molecule has 1 aromatic heterocycles. The maximum Gasteiger partial charge on any atom is 0.0831 e. The summed E-state index contributed by atoms with van der Waals surface area (Å²) in [6.07, 6.45) is 3.43. The van der Waals surface area contributed by atoms with Crippen LogP contribution in [0.25, 0.3) is 0 Å². The molecule has 1 fully saturated rings. The van der Waals surface area contributed by atoms with Crippen molar-refractivity contribution in [1.82, 2.24) is 0 Å². The summed E-state index contributed by atoms with van der Waals surface area (Å²) in [5.41, 5.74) is 1.41. The summed E-state index contributed by atoms with van der Waals surface area (Å²) in [6, 6.07) is 2.05. The minimum atomic E-state index is -0.251. The molecular weight excluding hydrogens is 192 g/mol. The van der Waals surface area contributed by atoms with Crippen LogP contribution in [0.2, 0.25) is 0 Å². The van der Waals surface area contributed by atoms with Gasteiger partial charge in [-0.3, -0.25) is 0 Å². The van der Waals surface area contributed by atoms with Crippen LogP contribution in [-0.2, 0) is 0 Å². The van der Waals surface area contributed by atoms with Crippen LogP contribution < -0.4 is 0 Å². The molecular formula is C12H18OS. The summed E-state index contributed by atoms with van der Waals surface area (Å²) < 4.78 is 0. The van der Waals surface area contributed by atoms with Gasteiger partial charge in [0.05, 0.1) is 6.10 Å². The molecule has 0 saturated heterocycles. The largest absolute Gasteiger partial charge is 0.388 e. The standard InChI is InChI=1S/C12H18OS/c1-12(2)6-3-4-10(12)11(13)9-5-7-14-8-9/h5,7-8,10-11,13H,3-4,6H2,1-2H3. The Bertz CT molecular complexity index is 289. The lowest BCUT2D eigenvalue weighted by atomic mass is 9.77. The lowest BCUT2D eigenvalue weighted by Crippen LogP contribution is -2.23. The number of rotatable bonds is 2. The second-order valence-corrected chi connectivity index (χ2v) is 5.77. The van der Waals surface area contributed by atoms with Crippen LogP contribution in [0, 0.1) is 11.3 Å². The third kappa shape index (κ3) is 1.73. The van der Waals surface area contributed by atoms with E-state index in [2.05, 4.69) is 19.2 Å². The molecule has 1 saturated carbocycles. The lowest BCUT2D eigenvalue weighted by Gasteiger charge is -2.30. The zero-order chi connectivity index (χ0) is 10.2. The van der Waals surface area contributed by atoms with Crippen LogP contribution in [0.4, 0.5) is 0 Å². The molecule has 2 atom stereocenters. The fourth-order valence-electron chi connectivity index (χ4n) is 2.61. The molecule has 0 bridgehead atoms. The predicted molar refractivity (Wildman–Crippen MR) is 60.4 cm³/mol. The summed E-state index contributed by atoms with van der Waals surface area (Å²) in [7, 11) is 0. The molecule has 1 aliphatic carbocycles. The Morgan fingerprint density at radius 2 is 2.36 bits per heavy atom. The van der Waals surface area contributed by atoms with Gasteiger partial charge < -0.3 is 5.11 Å². The van der Waals surface area contributed by atoms with Crippen molar-refractivity contribution in [3.63, 3.8) is 0 Å². The molecule has 1 nitrogen and oxygen atoms in total. The predicted octanol–water partition coefficient (Wildman–Crippen LogP) is 3.61. The van der Waals surface area contributed by atoms with E-state index in [0.717, 1.165) is 5.56 Å².